The number of amidine groups is 2. The normalized spacial score (nSPS) is 17.1. The minimum absolute atomic E-state index is 0.164. The molecule has 0 saturated carbocycles. The highest BCUT2D eigenvalue weighted by Crippen LogP contribution is 2.35. The van der Waals surface area contributed by atoms with E-state index in [4.69, 9.17) is 10.1 Å². The third-order valence-electron chi connectivity index (χ3n) is 5.14. The molecule has 5 rings (SSSR count). The van der Waals surface area contributed by atoms with Crippen molar-refractivity contribution in [2.24, 2.45) is 10.1 Å². The Labute approximate surface area is 195 Å². The maximum absolute atomic E-state index is 13.0. The molecule has 0 spiro atoms. The van der Waals surface area contributed by atoms with Gasteiger partial charge < -0.3 is 4.74 Å². The second-order valence-electron chi connectivity index (χ2n) is 7.42. The lowest BCUT2D eigenvalue weighted by molar-refractivity contribution is -0.114. The number of alkyl halides is 3. The first-order valence-electron chi connectivity index (χ1n) is 10.1. The summed E-state index contributed by atoms with van der Waals surface area (Å²) in [6.45, 7) is 0.323. The Morgan fingerprint density at radius 1 is 1.06 bits per heavy atom. The Balaban J connectivity index is 1.37. The standard InChI is InChI=1S/C24H15F3N4O2S/c25-24(26,27)22-30-31-20(28)19(21(32)29-23(31)34-22)12-14-5-3-9-17(11-14)33-13-16-8-4-7-15-6-1-2-10-18(15)16/h1-12,28H,13H2/b19-12+,28-20?. The molecule has 3 aromatic rings. The maximum atomic E-state index is 13.0. The van der Waals surface area contributed by atoms with Crippen molar-refractivity contribution in [2.75, 3.05) is 0 Å². The van der Waals surface area contributed by atoms with E-state index in [1.807, 2.05) is 42.5 Å². The van der Waals surface area contributed by atoms with Crippen LogP contribution in [0.1, 0.15) is 11.1 Å². The molecule has 0 unspecified atom stereocenters. The molecular formula is C24H15F3N4O2S. The van der Waals surface area contributed by atoms with Crippen LogP contribution >= 0.6 is 11.8 Å². The van der Waals surface area contributed by atoms with E-state index in [0.717, 1.165) is 21.3 Å². The second-order valence-corrected chi connectivity index (χ2v) is 8.38. The monoisotopic (exact) mass is 480 g/mol. The van der Waals surface area contributed by atoms with Gasteiger partial charge in [-0.2, -0.15) is 28.3 Å². The van der Waals surface area contributed by atoms with Gasteiger partial charge in [0.2, 0.25) is 10.2 Å². The molecule has 1 N–H and O–H groups in total. The maximum Gasteiger partial charge on any atom is 0.441 e. The topological polar surface area (TPSA) is 78.1 Å². The number of benzene rings is 3. The Morgan fingerprint density at radius 2 is 1.82 bits per heavy atom. The molecule has 6 nitrogen and oxygen atoms in total. The molecule has 2 aliphatic rings. The van der Waals surface area contributed by atoms with E-state index in [9.17, 15) is 18.0 Å². The number of thioether (sulfide) groups is 1. The lowest BCUT2D eigenvalue weighted by atomic mass is 10.1. The minimum Gasteiger partial charge on any atom is -0.489 e. The van der Waals surface area contributed by atoms with E-state index < -0.39 is 23.0 Å². The average molecular weight is 480 g/mol. The molecule has 0 atom stereocenters. The summed E-state index contributed by atoms with van der Waals surface area (Å²) in [7, 11) is 0. The molecular weight excluding hydrogens is 465 g/mol. The lowest BCUT2D eigenvalue weighted by Crippen LogP contribution is -2.35. The Morgan fingerprint density at radius 3 is 2.65 bits per heavy atom. The van der Waals surface area contributed by atoms with E-state index in [0.29, 0.717) is 17.9 Å². The molecule has 3 aromatic carbocycles. The van der Waals surface area contributed by atoms with Gasteiger partial charge in [0.05, 0.1) is 5.57 Å². The number of aliphatic imine (C=N–C) groups is 1. The van der Waals surface area contributed by atoms with Gasteiger partial charge in [-0.15, -0.1) is 0 Å². The minimum atomic E-state index is -4.69. The molecule has 0 fully saturated rings. The molecule has 0 aliphatic carbocycles. The van der Waals surface area contributed by atoms with Crippen LogP contribution in [0.5, 0.6) is 5.75 Å². The number of ether oxygens (including phenoxy) is 1. The summed E-state index contributed by atoms with van der Waals surface area (Å²) >= 11 is 0.217. The highest BCUT2D eigenvalue weighted by molar-refractivity contribution is 8.27. The molecule has 1 amide bonds. The Kier molecular flexibility index (Phi) is 5.45. The third-order valence-corrected chi connectivity index (χ3v) is 6.09. The Bertz CT molecular complexity index is 1420. The molecule has 0 aromatic heterocycles. The first-order chi connectivity index (χ1) is 16.3. The second kappa shape index (κ2) is 8.45. The molecule has 10 heteroatoms. The predicted octanol–water partition coefficient (Wildman–Crippen LogP) is 5.60. The number of amides is 1. The van der Waals surface area contributed by atoms with Gasteiger partial charge in [-0.3, -0.25) is 10.2 Å². The summed E-state index contributed by atoms with van der Waals surface area (Å²) in [5, 5.41) is 13.1. The summed E-state index contributed by atoms with van der Waals surface area (Å²) in [6.07, 6.45) is -3.30. The highest BCUT2D eigenvalue weighted by atomic mass is 32.2. The van der Waals surface area contributed by atoms with Crippen LogP contribution < -0.4 is 4.74 Å². The summed E-state index contributed by atoms with van der Waals surface area (Å²) in [4.78, 5) is 16.1. The van der Waals surface area contributed by atoms with Crippen LogP contribution in [-0.2, 0) is 11.4 Å². The number of nitrogens with zero attached hydrogens (tertiary/aromatic N) is 3. The van der Waals surface area contributed by atoms with Crippen molar-refractivity contribution >= 4 is 50.6 Å². The number of halogens is 3. The zero-order valence-corrected chi connectivity index (χ0v) is 18.2. The highest BCUT2D eigenvalue weighted by Gasteiger charge is 2.46. The zero-order chi connectivity index (χ0) is 23.9. The van der Waals surface area contributed by atoms with E-state index in [-0.39, 0.29) is 22.5 Å². The smallest absolute Gasteiger partial charge is 0.441 e. The summed E-state index contributed by atoms with van der Waals surface area (Å²) in [6, 6.07) is 20.8. The number of fused-ring (bicyclic) bond motifs is 2. The van der Waals surface area contributed by atoms with Gasteiger partial charge in [0, 0.05) is 0 Å². The van der Waals surface area contributed by atoms with Gasteiger partial charge in [-0.05, 0) is 51.9 Å². The number of carbonyl (C=O) groups is 1. The van der Waals surface area contributed by atoms with Crippen molar-refractivity contribution in [3.63, 3.8) is 0 Å². The fourth-order valence-electron chi connectivity index (χ4n) is 3.55. The number of hydrogen-bond donors (Lipinski definition) is 1. The number of hydrazone groups is 1. The first-order valence-corrected chi connectivity index (χ1v) is 10.9. The number of carbonyl (C=O) groups excluding carboxylic acids is 1. The quantitative estimate of drug-likeness (QED) is 0.493. The van der Waals surface area contributed by atoms with Gasteiger partial charge in [-0.25, -0.2) is 0 Å². The van der Waals surface area contributed by atoms with Crippen molar-refractivity contribution < 1.29 is 22.7 Å². The SMILES string of the molecule is N=C1/C(=C\c2cccc(OCc3cccc4ccccc34)c2)C(=O)N=C2SC(C(F)(F)F)=NN12. The lowest BCUT2D eigenvalue weighted by Gasteiger charge is -2.20. The molecule has 170 valence electrons. The van der Waals surface area contributed by atoms with Crippen molar-refractivity contribution in [3.8, 4) is 5.75 Å². The summed E-state index contributed by atoms with van der Waals surface area (Å²) in [5.41, 5.74) is 1.38. The third kappa shape index (κ3) is 4.19. The van der Waals surface area contributed by atoms with Gasteiger partial charge in [0.25, 0.3) is 5.91 Å². The largest absolute Gasteiger partial charge is 0.489 e. The van der Waals surface area contributed by atoms with Gasteiger partial charge in [-0.1, -0.05) is 54.6 Å². The number of hydrogen-bond acceptors (Lipinski definition) is 5. The van der Waals surface area contributed by atoms with Crippen molar-refractivity contribution in [1.29, 1.82) is 5.41 Å². The van der Waals surface area contributed by atoms with Gasteiger partial charge >= 0.3 is 6.18 Å². The van der Waals surface area contributed by atoms with Crippen molar-refractivity contribution in [2.45, 2.75) is 12.8 Å². The molecule has 2 aliphatic heterocycles. The number of nitrogens with one attached hydrogen (secondary N) is 1. The average Bonchev–Trinajstić information content (AvgIpc) is 3.25. The zero-order valence-electron chi connectivity index (χ0n) is 17.3. The molecule has 34 heavy (non-hydrogen) atoms. The molecule has 0 saturated heterocycles. The first kappa shape index (κ1) is 21.9. The fraction of sp³-hybridized carbons (Fsp3) is 0.0833. The summed E-state index contributed by atoms with van der Waals surface area (Å²) in [5.74, 6) is -0.733. The molecule has 0 bridgehead atoms. The van der Waals surface area contributed by atoms with Crippen molar-refractivity contribution in [3.05, 3.63) is 83.4 Å². The van der Waals surface area contributed by atoms with Crippen LogP contribution in [0.4, 0.5) is 13.2 Å². The van der Waals surface area contributed by atoms with Crippen LogP contribution in [0.25, 0.3) is 16.8 Å². The van der Waals surface area contributed by atoms with E-state index in [2.05, 4.69) is 10.1 Å². The van der Waals surface area contributed by atoms with Crippen LogP contribution in [0.3, 0.4) is 0 Å². The Hall–Kier alpha value is -3.92. The van der Waals surface area contributed by atoms with Crippen molar-refractivity contribution in [1.82, 2.24) is 5.01 Å². The number of rotatable bonds is 4. The van der Waals surface area contributed by atoms with Crippen LogP contribution in [0, 0.1) is 5.41 Å². The van der Waals surface area contributed by atoms with E-state index in [1.54, 1.807) is 24.3 Å². The molecule has 2 heterocycles. The van der Waals surface area contributed by atoms with E-state index in [1.165, 1.54) is 6.08 Å². The molecule has 0 radical (unpaired) electrons. The fourth-order valence-corrected chi connectivity index (χ4v) is 4.31. The van der Waals surface area contributed by atoms with Crippen LogP contribution in [-0.4, -0.2) is 33.1 Å². The predicted molar refractivity (Wildman–Crippen MR) is 126 cm³/mol. The van der Waals surface area contributed by atoms with Crippen LogP contribution in [0.15, 0.2) is 82.4 Å². The van der Waals surface area contributed by atoms with Gasteiger partial charge in [0.15, 0.2) is 5.84 Å². The van der Waals surface area contributed by atoms with Gasteiger partial charge in [0.1, 0.15) is 12.4 Å². The van der Waals surface area contributed by atoms with Crippen LogP contribution in [0.2, 0.25) is 0 Å². The summed E-state index contributed by atoms with van der Waals surface area (Å²) < 4.78 is 44.9. The van der Waals surface area contributed by atoms with E-state index >= 15 is 0 Å².